The summed E-state index contributed by atoms with van der Waals surface area (Å²) in [6.45, 7) is 2.34. The van der Waals surface area contributed by atoms with E-state index in [9.17, 15) is 4.79 Å². The third-order valence-electron chi connectivity index (χ3n) is 8.85. The van der Waals surface area contributed by atoms with Crippen LogP contribution in [0.4, 0.5) is 17.2 Å². The van der Waals surface area contributed by atoms with Crippen LogP contribution >= 0.6 is 23.1 Å². The first-order chi connectivity index (χ1) is 17.5. The average molecular weight is 522 g/mol. The summed E-state index contributed by atoms with van der Waals surface area (Å²) in [5.74, 6) is 2.50. The van der Waals surface area contributed by atoms with Crippen molar-refractivity contribution >= 4 is 56.3 Å². The Morgan fingerprint density at radius 2 is 2.08 bits per heavy atom. The molecule has 5 atom stereocenters. The van der Waals surface area contributed by atoms with E-state index in [0.717, 1.165) is 53.1 Å². The van der Waals surface area contributed by atoms with Crippen LogP contribution in [0.5, 0.6) is 0 Å². The maximum Gasteiger partial charge on any atom is 0.142 e. The van der Waals surface area contributed by atoms with Crippen LogP contribution < -0.4 is 16.0 Å². The number of hydrogen-bond donors (Lipinski definition) is 3. The van der Waals surface area contributed by atoms with Gasteiger partial charge in [-0.15, -0.1) is 23.1 Å². The van der Waals surface area contributed by atoms with Crippen LogP contribution in [0.2, 0.25) is 0 Å². The fourth-order valence-electron chi connectivity index (χ4n) is 7.08. The molecule has 3 aliphatic rings. The van der Waals surface area contributed by atoms with Crippen molar-refractivity contribution in [1.29, 1.82) is 0 Å². The van der Waals surface area contributed by atoms with E-state index >= 15 is 0 Å². The quantitative estimate of drug-likeness (QED) is 0.334. The Bertz CT molecular complexity index is 1320. The SMILES string of the molecule is CNc1ccc(Nc2ncnc3sc4c(c23)CCC(C(=O)C2CC23CC(C)CC3NC)C4)cc1SC. The van der Waals surface area contributed by atoms with Gasteiger partial charge in [-0.05, 0) is 86.9 Å². The fraction of sp³-hybridized carbons (Fsp3) is 0.536. The molecule has 2 heterocycles. The first-order valence-electron chi connectivity index (χ1n) is 13.1. The molecule has 2 saturated carbocycles. The summed E-state index contributed by atoms with van der Waals surface area (Å²) in [6, 6.07) is 6.84. The topological polar surface area (TPSA) is 78.9 Å². The molecule has 0 radical (unpaired) electrons. The van der Waals surface area contributed by atoms with Gasteiger partial charge in [0.2, 0.25) is 0 Å². The van der Waals surface area contributed by atoms with Gasteiger partial charge < -0.3 is 16.0 Å². The normalized spacial score (nSPS) is 28.9. The molecular formula is C28H35N5OS2. The summed E-state index contributed by atoms with van der Waals surface area (Å²) in [6.07, 6.45) is 9.95. The van der Waals surface area contributed by atoms with Crippen molar-refractivity contribution in [2.75, 3.05) is 31.0 Å². The van der Waals surface area contributed by atoms with E-state index in [4.69, 9.17) is 0 Å². The van der Waals surface area contributed by atoms with Gasteiger partial charge in [0.15, 0.2) is 0 Å². The van der Waals surface area contributed by atoms with Gasteiger partial charge in [-0.2, -0.15) is 0 Å². The monoisotopic (exact) mass is 521 g/mol. The number of anilines is 3. The van der Waals surface area contributed by atoms with Crippen molar-refractivity contribution in [3.8, 4) is 0 Å². The number of carbonyl (C=O) groups excluding carboxylic acids is 1. The summed E-state index contributed by atoms with van der Waals surface area (Å²) in [7, 11) is 4.01. The van der Waals surface area contributed by atoms with E-state index in [-0.39, 0.29) is 17.3 Å². The first kappa shape index (κ1) is 24.2. The highest BCUT2D eigenvalue weighted by Gasteiger charge is 2.65. The van der Waals surface area contributed by atoms with Crippen LogP contribution in [0, 0.1) is 23.2 Å². The van der Waals surface area contributed by atoms with E-state index in [1.807, 2.05) is 7.05 Å². The minimum atomic E-state index is 0.144. The molecule has 3 aromatic rings. The lowest BCUT2D eigenvalue weighted by molar-refractivity contribution is -0.125. The molecule has 6 nitrogen and oxygen atoms in total. The average Bonchev–Trinajstić information content (AvgIpc) is 3.32. The van der Waals surface area contributed by atoms with Gasteiger partial charge in [0.05, 0.1) is 5.39 Å². The molecule has 0 bridgehead atoms. The van der Waals surface area contributed by atoms with Crippen LogP contribution in [0.25, 0.3) is 10.2 Å². The summed E-state index contributed by atoms with van der Waals surface area (Å²) < 4.78 is 0. The molecule has 0 saturated heterocycles. The van der Waals surface area contributed by atoms with Gasteiger partial charge in [0, 0.05) is 46.1 Å². The molecule has 0 aliphatic heterocycles. The van der Waals surface area contributed by atoms with E-state index in [1.54, 1.807) is 29.4 Å². The second-order valence-corrected chi connectivity index (χ2v) is 12.8. The minimum Gasteiger partial charge on any atom is -0.387 e. The van der Waals surface area contributed by atoms with E-state index in [1.165, 1.54) is 28.2 Å². The number of thiophene rings is 1. The van der Waals surface area contributed by atoms with Gasteiger partial charge >= 0.3 is 0 Å². The van der Waals surface area contributed by atoms with E-state index < -0.39 is 0 Å². The Morgan fingerprint density at radius 3 is 2.86 bits per heavy atom. The Labute approximate surface area is 221 Å². The highest BCUT2D eigenvalue weighted by Crippen LogP contribution is 2.65. The van der Waals surface area contributed by atoms with Crippen LogP contribution in [0.3, 0.4) is 0 Å². The summed E-state index contributed by atoms with van der Waals surface area (Å²) in [4.78, 5) is 26.5. The molecule has 3 N–H and O–H groups in total. The van der Waals surface area contributed by atoms with Gasteiger partial charge in [-0.25, -0.2) is 9.97 Å². The number of benzene rings is 1. The second-order valence-electron chi connectivity index (χ2n) is 10.9. The molecule has 2 aromatic heterocycles. The van der Waals surface area contributed by atoms with Crippen molar-refractivity contribution in [2.45, 2.75) is 56.4 Å². The van der Waals surface area contributed by atoms with Gasteiger partial charge in [0.25, 0.3) is 0 Å². The lowest BCUT2D eigenvalue weighted by atomic mass is 9.81. The summed E-state index contributed by atoms with van der Waals surface area (Å²) in [5.41, 5.74) is 3.71. The zero-order valence-electron chi connectivity index (χ0n) is 21.5. The molecular weight excluding hydrogens is 486 g/mol. The van der Waals surface area contributed by atoms with E-state index in [2.05, 4.69) is 64.3 Å². The predicted octanol–water partition coefficient (Wildman–Crippen LogP) is 5.90. The molecule has 36 heavy (non-hydrogen) atoms. The number of rotatable bonds is 7. The number of hydrogen-bond acceptors (Lipinski definition) is 8. The van der Waals surface area contributed by atoms with Crippen LogP contribution in [-0.4, -0.2) is 42.1 Å². The van der Waals surface area contributed by atoms with Gasteiger partial charge in [-0.3, -0.25) is 4.79 Å². The molecule has 3 aliphatic carbocycles. The Morgan fingerprint density at radius 1 is 1.22 bits per heavy atom. The summed E-state index contributed by atoms with van der Waals surface area (Å²) in [5, 5.41) is 11.5. The lowest BCUT2D eigenvalue weighted by Crippen LogP contribution is -2.34. The van der Waals surface area contributed by atoms with Crippen LogP contribution in [0.1, 0.15) is 43.0 Å². The molecule has 2 fully saturated rings. The predicted molar refractivity (Wildman–Crippen MR) is 151 cm³/mol. The third-order valence-corrected chi connectivity index (χ3v) is 10.8. The highest BCUT2D eigenvalue weighted by molar-refractivity contribution is 7.98. The number of aryl methyl sites for hydroxylation is 1. The number of thioether (sulfide) groups is 1. The Kier molecular flexibility index (Phi) is 6.25. The Balaban J connectivity index is 1.24. The zero-order valence-corrected chi connectivity index (χ0v) is 23.1. The van der Waals surface area contributed by atoms with Crippen molar-refractivity contribution < 1.29 is 4.79 Å². The molecule has 5 unspecified atom stereocenters. The molecule has 1 spiro atoms. The number of aromatic nitrogens is 2. The Hall–Kier alpha value is -2.16. The standard InChI is InChI=1S/C28H35N5OS2/c1-15-9-23(30-3)28(12-15)13-19(28)25(34)16-5-7-18-21(10-16)36-27-24(18)26(31-14-32-27)33-17-6-8-20(29-2)22(11-17)35-4/h6,8,11,14-16,19,23,29-30H,5,7,9-10,12-13H2,1-4H3,(H,31,32,33). The van der Waals surface area contributed by atoms with Gasteiger partial charge in [0.1, 0.15) is 22.8 Å². The molecule has 6 rings (SSSR count). The van der Waals surface area contributed by atoms with Crippen molar-refractivity contribution in [1.82, 2.24) is 15.3 Å². The fourth-order valence-corrected chi connectivity index (χ4v) is 8.98. The second kappa shape index (κ2) is 9.30. The highest BCUT2D eigenvalue weighted by atomic mass is 32.2. The maximum atomic E-state index is 13.7. The zero-order chi connectivity index (χ0) is 25.0. The molecule has 8 heteroatoms. The number of nitrogens with one attached hydrogen (secondary N) is 3. The number of Topliss-reactive ketones (excluding diaryl/α,β-unsaturated/α-hetero) is 1. The van der Waals surface area contributed by atoms with Crippen LogP contribution in [-0.2, 0) is 17.6 Å². The first-order valence-corrected chi connectivity index (χ1v) is 15.1. The minimum absolute atomic E-state index is 0.144. The van der Waals surface area contributed by atoms with E-state index in [0.29, 0.717) is 17.7 Å². The third kappa shape index (κ3) is 3.92. The smallest absolute Gasteiger partial charge is 0.142 e. The van der Waals surface area contributed by atoms with Crippen LogP contribution in [0.15, 0.2) is 29.4 Å². The number of nitrogens with zero attached hydrogens (tertiary/aromatic N) is 2. The number of carbonyl (C=O) groups is 1. The van der Waals surface area contributed by atoms with Crippen molar-refractivity contribution in [2.24, 2.45) is 23.2 Å². The summed E-state index contributed by atoms with van der Waals surface area (Å²) >= 11 is 3.47. The largest absolute Gasteiger partial charge is 0.387 e. The molecule has 190 valence electrons. The lowest BCUT2D eigenvalue weighted by Gasteiger charge is -2.24. The molecule has 0 amide bonds. The van der Waals surface area contributed by atoms with Crippen molar-refractivity contribution in [3.05, 3.63) is 35.0 Å². The number of ketones is 1. The van der Waals surface area contributed by atoms with Gasteiger partial charge in [-0.1, -0.05) is 6.92 Å². The molecule has 1 aromatic carbocycles. The maximum absolute atomic E-state index is 13.7. The van der Waals surface area contributed by atoms with Crippen molar-refractivity contribution in [3.63, 3.8) is 0 Å². The number of fused-ring (bicyclic) bond motifs is 3.